The molecule has 4 heteroatoms. The van der Waals surface area contributed by atoms with Crippen LogP contribution in [0.5, 0.6) is 0 Å². The van der Waals surface area contributed by atoms with Gasteiger partial charge in [-0.15, -0.1) is 0 Å². The number of hydrogen-bond donors (Lipinski definition) is 1. The van der Waals surface area contributed by atoms with E-state index in [2.05, 4.69) is 0 Å². The molecule has 0 saturated carbocycles. The van der Waals surface area contributed by atoms with Crippen molar-refractivity contribution in [2.24, 2.45) is 0 Å². The molecule has 0 fully saturated rings. The predicted octanol–water partition coefficient (Wildman–Crippen LogP) is 4.01. The van der Waals surface area contributed by atoms with Crippen LogP contribution in [-0.2, 0) is 0 Å². The Hall–Kier alpha value is -1.45. The summed E-state index contributed by atoms with van der Waals surface area (Å²) in [5, 5.41) is 10.6. The first-order valence-electron chi connectivity index (χ1n) is 5.38. The van der Waals surface area contributed by atoms with E-state index in [1.54, 1.807) is 25.1 Å². The van der Waals surface area contributed by atoms with Crippen molar-refractivity contribution >= 4 is 11.6 Å². The molecule has 0 aromatic heterocycles. The second-order valence-corrected chi connectivity index (χ2v) is 4.43. The number of hydrogen-bond acceptors (Lipinski definition) is 1. The Balaban J connectivity index is 2.48. The zero-order valence-corrected chi connectivity index (χ0v) is 10.4. The number of benzene rings is 2. The van der Waals surface area contributed by atoms with Gasteiger partial charge >= 0.3 is 0 Å². The van der Waals surface area contributed by atoms with Crippen molar-refractivity contribution < 1.29 is 13.9 Å². The van der Waals surface area contributed by atoms with E-state index in [-0.39, 0.29) is 5.56 Å². The third-order valence-electron chi connectivity index (χ3n) is 2.86. The largest absolute Gasteiger partial charge is 0.384 e. The van der Waals surface area contributed by atoms with E-state index < -0.39 is 17.7 Å². The van der Waals surface area contributed by atoms with Gasteiger partial charge in [0.1, 0.15) is 17.7 Å². The molecule has 1 atom stereocenters. The first kappa shape index (κ1) is 13.0. The standard InChI is InChI=1S/C14H11ClF2O/c1-8-10(3-2-4-12(8)15)14(18)11-6-5-9(16)7-13(11)17/h2-7,14,18H,1H3. The van der Waals surface area contributed by atoms with Crippen LogP contribution in [-0.4, -0.2) is 5.11 Å². The highest BCUT2D eigenvalue weighted by atomic mass is 35.5. The van der Waals surface area contributed by atoms with Gasteiger partial charge < -0.3 is 5.11 Å². The van der Waals surface area contributed by atoms with Gasteiger partial charge in [0.05, 0.1) is 0 Å². The molecule has 0 radical (unpaired) electrons. The smallest absolute Gasteiger partial charge is 0.132 e. The molecule has 2 aromatic carbocycles. The van der Waals surface area contributed by atoms with Gasteiger partial charge in [0.15, 0.2) is 0 Å². The number of rotatable bonds is 2. The summed E-state index contributed by atoms with van der Waals surface area (Å²) in [5.74, 6) is -1.45. The highest BCUT2D eigenvalue weighted by Crippen LogP contribution is 2.30. The fourth-order valence-corrected chi connectivity index (χ4v) is 1.99. The molecule has 0 heterocycles. The Morgan fingerprint density at radius 1 is 1.11 bits per heavy atom. The summed E-state index contributed by atoms with van der Waals surface area (Å²) in [4.78, 5) is 0. The lowest BCUT2D eigenvalue weighted by Gasteiger charge is -2.15. The predicted molar refractivity (Wildman–Crippen MR) is 66.6 cm³/mol. The maximum Gasteiger partial charge on any atom is 0.132 e. The van der Waals surface area contributed by atoms with E-state index in [9.17, 15) is 13.9 Å². The zero-order valence-electron chi connectivity index (χ0n) is 9.62. The van der Waals surface area contributed by atoms with Crippen LogP contribution in [0.25, 0.3) is 0 Å². The molecule has 2 rings (SSSR count). The molecule has 0 spiro atoms. The van der Waals surface area contributed by atoms with Crippen molar-refractivity contribution in [1.29, 1.82) is 0 Å². The average molecular weight is 269 g/mol. The molecule has 1 unspecified atom stereocenters. The van der Waals surface area contributed by atoms with Gasteiger partial charge in [-0.3, -0.25) is 0 Å². The van der Waals surface area contributed by atoms with Gasteiger partial charge in [-0.1, -0.05) is 29.8 Å². The molecule has 0 aliphatic heterocycles. The Labute approximate surface area is 109 Å². The minimum absolute atomic E-state index is 0.0294. The number of halogens is 3. The van der Waals surface area contributed by atoms with Crippen molar-refractivity contribution in [3.63, 3.8) is 0 Å². The van der Waals surface area contributed by atoms with Crippen LogP contribution in [0.4, 0.5) is 8.78 Å². The van der Waals surface area contributed by atoms with Crippen LogP contribution in [0.3, 0.4) is 0 Å². The van der Waals surface area contributed by atoms with Gasteiger partial charge in [-0.25, -0.2) is 8.78 Å². The van der Waals surface area contributed by atoms with Crippen LogP contribution in [0.1, 0.15) is 22.8 Å². The third kappa shape index (κ3) is 2.37. The molecule has 1 N–H and O–H groups in total. The maximum atomic E-state index is 13.6. The van der Waals surface area contributed by atoms with Crippen molar-refractivity contribution in [2.45, 2.75) is 13.0 Å². The second kappa shape index (κ2) is 5.04. The molecule has 0 amide bonds. The Kier molecular flexibility index (Phi) is 3.64. The Morgan fingerprint density at radius 3 is 2.50 bits per heavy atom. The fraction of sp³-hybridized carbons (Fsp3) is 0.143. The molecular weight excluding hydrogens is 258 g/mol. The van der Waals surface area contributed by atoms with E-state index in [0.29, 0.717) is 16.1 Å². The van der Waals surface area contributed by atoms with E-state index in [4.69, 9.17) is 11.6 Å². The Bertz CT molecular complexity index is 584. The SMILES string of the molecule is Cc1c(Cl)cccc1C(O)c1ccc(F)cc1F. The summed E-state index contributed by atoms with van der Waals surface area (Å²) >= 11 is 5.95. The minimum atomic E-state index is -1.16. The maximum absolute atomic E-state index is 13.6. The second-order valence-electron chi connectivity index (χ2n) is 4.02. The minimum Gasteiger partial charge on any atom is -0.384 e. The topological polar surface area (TPSA) is 20.2 Å². The molecule has 18 heavy (non-hydrogen) atoms. The molecule has 94 valence electrons. The van der Waals surface area contributed by atoms with Gasteiger partial charge in [-0.2, -0.15) is 0 Å². The lowest BCUT2D eigenvalue weighted by atomic mass is 9.97. The van der Waals surface area contributed by atoms with Crippen LogP contribution in [0.15, 0.2) is 36.4 Å². The first-order chi connectivity index (χ1) is 8.50. The van der Waals surface area contributed by atoms with E-state index in [1.807, 2.05) is 0 Å². The highest BCUT2D eigenvalue weighted by Gasteiger charge is 2.18. The third-order valence-corrected chi connectivity index (χ3v) is 3.27. The van der Waals surface area contributed by atoms with Crippen LogP contribution in [0, 0.1) is 18.6 Å². The van der Waals surface area contributed by atoms with E-state index in [1.165, 1.54) is 6.07 Å². The molecule has 0 aliphatic carbocycles. The van der Waals surface area contributed by atoms with Gasteiger partial charge in [0.25, 0.3) is 0 Å². The lowest BCUT2D eigenvalue weighted by Crippen LogP contribution is -2.05. The lowest BCUT2D eigenvalue weighted by molar-refractivity contribution is 0.214. The summed E-state index contributed by atoms with van der Waals surface area (Å²) in [6.45, 7) is 1.74. The normalized spacial score (nSPS) is 12.5. The van der Waals surface area contributed by atoms with Gasteiger partial charge in [0, 0.05) is 16.7 Å². The van der Waals surface area contributed by atoms with Crippen molar-refractivity contribution in [3.05, 3.63) is 69.7 Å². The quantitative estimate of drug-likeness (QED) is 0.873. The molecule has 0 aliphatic rings. The van der Waals surface area contributed by atoms with Crippen LogP contribution < -0.4 is 0 Å². The first-order valence-corrected chi connectivity index (χ1v) is 5.76. The molecule has 0 bridgehead atoms. The van der Waals surface area contributed by atoms with Gasteiger partial charge in [-0.05, 0) is 30.2 Å². The van der Waals surface area contributed by atoms with Crippen molar-refractivity contribution in [1.82, 2.24) is 0 Å². The molecule has 2 aromatic rings. The summed E-state index contributed by atoms with van der Waals surface area (Å²) < 4.78 is 26.4. The van der Waals surface area contributed by atoms with Crippen LogP contribution in [0.2, 0.25) is 5.02 Å². The van der Waals surface area contributed by atoms with Gasteiger partial charge in [0.2, 0.25) is 0 Å². The molecule has 0 saturated heterocycles. The molecular formula is C14H11ClF2O. The monoisotopic (exact) mass is 268 g/mol. The number of aliphatic hydroxyl groups is 1. The summed E-state index contributed by atoms with van der Waals surface area (Å²) in [6.07, 6.45) is -1.16. The van der Waals surface area contributed by atoms with E-state index in [0.717, 1.165) is 12.1 Å². The summed E-state index contributed by atoms with van der Waals surface area (Å²) in [7, 11) is 0. The summed E-state index contributed by atoms with van der Waals surface area (Å²) in [5.41, 5.74) is 1.21. The fourth-order valence-electron chi connectivity index (χ4n) is 1.81. The van der Waals surface area contributed by atoms with Crippen molar-refractivity contribution in [3.8, 4) is 0 Å². The average Bonchev–Trinajstić information content (AvgIpc) is 2.32. The molecule has 1 nitrogen and oxygen atoms in total. The highest BCUT2D eigenvalue weighted by molar-refractivity contribution is 6.31. The van der Waals surface area contributed by atoms with Crippen molar-refractivity contribution in [2.75, 3.05) is 0 Å². The zero-order chi connectivity index (χ0) is 13.3. The number of aliphatic hydroxyl groups excluding tert-OH is 1. The van der Waals surface area contributed by atoms with Crippen LogP contribution >= 0.6 is 11.6 Å². The summed E-state index contributed by atoms with van der Waals surface area (Å²) in [6, 6.07) is 8.12. The Morgan fingerprint density at radius 2 is 1.83 bits per heavy atom. The van der Waals surface area contributed by atoms with E-state index >= 15 is 0 Å².